The van der Waals surface area contributed by atoms with Gasteiger partial charge in [-0.3, -0.25) is 9.59 Å². The summed E-state index contributed by atoms with van der Waals surface area (Å²) in [5.74, 6) is -1.04. The number of ether oxygens (including phenoxy) is 1. The normalized spacial score (nSPS) is 22.2. The van der Waals surface area contributed by atoms with E-state index in [0.29, 0.717) is 13.1 Å². The van der Waals surface area contributed by atoms with Gasteiger partial charge in [0.15, 0.2) is 0 Å². The number of nitrogens with zero attached hydrogens (tertiary/aromatic N) is 2. The molecule has 2 aromatic rings. The fourth-order valence-electron chi connectivity index (χ4n) is 4.82. The van der Waals surface area contributed by atoms with Crippen molar-refractivity contribution in [2.75, 3.05) is 33.4 Å². The van der Waals surface area contributed by atoms with Crippen LogP contribution in [0.5, 0.6) is 0 Å². The van der Waals surface area contributed by atoms with Crippen LogP contribution in [0.2, 0.25) is 0 Å². The lowest BCUT2D eigenvalue weighted by Gasteiger charge is -2.70. The molecule has 2 amide bonds. The maximum absolute atomic E-state index is 13.5. The molecule has 0 radical (unpaired) electrons. The minimum absolute atomic E-state index is 0.0857. The Kier molecular flexibility index (Phi) is 5.10. The predicted octanol–water partition coefficient (Wildman–Crippen LogP) is 1.65. The molecule has 2 aliphatic rings. The Morgan fingerprint density at radius 3 is 2.52 bits per heavy atom. The fraction of sp³-hybridized carbons (Fsp3) is 0.364. The second-order valence-corrected chi connectivity index (χ2v) is 7.61. The van der Waals surface area contributed by atoms with Crippen LogP contribution in [-0.4, -0.2) is 71.7 Å². The highest BCUT2D eigenvalue weighted by Crippen LogP contribution is 2.54. The lowest BCUT2D eigenvalue weighted by Crippen LogP contribution is -2.86. The zero-order valence-electron chi connectivity index (χ0n) is 16.1. The van der Waals surface area contributed by atoms with Crippen molar-refractivity contribution in [3.8, 4) is 0 Å². The highest BCUT2D eigenvalue weighted by atomic mass is 19.1. The lowest BCUT2D eigenvalue weighted by molar-refractivity contribution is -0.196. The van der Waals surface area contributed by atoms with Gasteiger partial charge in [-0.15, -0.1) is 0 Å². The lowest BCUT2D eigenvalue weighted by atomic mass is 9.60. The first-order valence-electron chi connectivity index (χ1n) is 9.53. The van der Waals surface area contributed by atoms with Gasteiger partial charge in [-0.2, -0.15) is 0 Å². The molecule has 6 nitrogen and oxygen atoms in total. The van der Waals surface area contributed by atoms with E-state index >= 15 is 0 Å². The van der Waals surface area contributed by atoms with Crippen LogP contribution in [-0.2, 0) is 9.53 Å². The number of carbonyl (C=O) groups excluding carboxylic acids is 2. The van der Waals surface area contributed by atoms with Gasteiger partial charge in [-0.25, -0.2) is 4.39 Å². The highest BCUT2D eigenvalue weighted by molar-refractivity contribution is 5.95. The van der Waals surface area contributed by atoms with Crippen LogP contribution < -0.4 is 0 Å². The first kappa shape index (κ1) is 19.5. The van der Waals surface area contributed by atoms with E-state index in [1.807, 2.05) is 30.3 Å². The zero-order valence-corrected chi connectivity index (χ0v) is 16.1. The molecule has 0 saturated carbocycles. The topological polar surface area (TPSA) is 70.1 Å². The van der Waals surface area contributed by atoms with Crippen LogP contribution in [0.15, 0.2) is 54.6 Å². The van der Waals surface area contributed by atoms with Gasteiger partial charge < -0.3 is 19.6 Å². The number of likely N-dealkylation sites (tertiary alicyclic amines) is 2. The SMILES string of the molecule is COCC(=O)N1[C@H](CO)[C@@H](c2ccccc2)C12CN(C(=O)c1cccc(F)c1)C2. The summed E-state index contributed by atoms with van der Waals surface area (Å²) in [7, 11) is 1.45. The third-order valence-corrected chi connectivity index (χ3v) is 5.95. The van der Waals surface area contributed by atoms with Crippen molar-refractivity contribution < 1.29 is 23.8 Å². The second kappa shape index (κ2) is 7.57. The van der Waals surface area contributed by atoms with Crippen LogP contribution in [0.3, 0.4) is 0 Å². The van der Waals surface area contributed by atoms with Crippen LogP contribution in [0, 0.1) is 5.82 Å². The van der Waals surface area contributed by atoms with Gasteiger partial charge in [-0.1, -0.05) is 36.4 Å². The van der Waals surface area contributed by atoms with Gasteiger partial charge >= 0.3 is 0 Å². The summed E-state index contributed by atoms with van der Waals surface area (Å²) in [5, 5.41) is 9.98. The standard InChI is InChI=1S/C22H23FN2O4/c1-29-12-19(27)25-18(11-26)20(15-6-3-2-4-7-15)22(25)13-24(14-22)21(28)16-8-5-9-17(23)10-16/h2-10,18,20,26H,11-14H2,1H3/t18-,20-/m1/s1. The molecule has 1 N–H and O–H groups in total. The average molecular weight is 398 g/mol. The largest absolute Gasteiger partial charge is 0.394 e. The van der Waals surface area contributed by atoms with Gasteiger partial charge in [0, 0.05) is 31.7 Å². The Morgan fingerprint density at radius 1 is 1.17 bits per heavy atom. The van der Waals surface area contributed by atoms with E-state index in [1.165, 1.54) is 25.3 Å². The summed E-state index contributed by atoms with van der Waals surface area (Å²) in [5.41, 5.74) is 0.711. The molecule has 29 heavy (non-hydrogen) atoms. The van der Waals surface area contributed by atoms with E-state index in [-0.39, 0.29) is 42.6 Å². The highest BCUT2D eigenvalue weighted by Gasteiger charge is 2.68. The van der Waals surface area contributed by atoms with E-state index < -0.39 is 11.4 Å². The summed E-state index contributed by atoms with van der Waals surface area (Å²) in [4.78, 5) is 28.8. The quantitative estimate of drug-likeness (QED) is 0.832. The Morgan fingerprint density at radius 2 is 1.90 bits per heavy atom. The number of hydrogen-bond acceptors (Lipinski definition) is 4. The fourth-order valence-corrected chi connectivity index (χ4v) is 4.82. The van der Waals surface area contributed by atoms with E-state index in [0.717, 1.165) is 5.56 Å². The number of aliphatic hydroxyl groups is 1. The summed E-state index contributed by atoms with van der Waals surface area (Å²) in [6, 6.07) is 14.9. The van der Waals surface area contributed by atoms with E-state index in [9.17, 15) is 19.1 Å². The van der Waals surface area contributed by atoms with Crippen molar-refractivity contribution in [2.45, 2.75) is 17.5 Å². The molecular formula is C22H23FN2O4. The van der Waals surface area contributed by atoms with Crippen molar-refractivity contribution in [1.29, 1.82) is 0 Å². The van der Waals surface area contributed by atoms with Crippen molar-refractivity contribution in [3.05, 3.63) is 71.5 Å². The first-order valence-corrected chi connectivity index (χ1v) is 9.53. The molecule has 7 heteroatoms. The van der Waals surface area contributed by atoms with Crippen LogP contribution in [0.4, 0.5) is 4.39 Å². The van der Waals surface area contributed by atoms with Crippen molar-refractivity contribution in [3.63, 3.8) is 0 Å². The monoisotopic (exact) mass is 398 g/mol. The molecule has 4 rings (SSSR count). The van der Waals surface area contributed by atoms with Crippen LogP contribution in [0.25, 0.3) is 0 Å². The molecule has 152 valence electrons. The van der Waals surface area contributed by atoms with Gasteiger partial charge in [0.1, 0.15) is 12.4 Å². The maximum Gasteiger partial charge on any atom is 0.254 e. The predicted molar refractivity (Wildman–Crippen MR) is 104 cm³/mol. The smallest absolute Gasteiger partial charge is 0.254 e. The summed E-state index contributed by atoms with van der Waals surface area (Å²) in [6.07, 6.45) is 0. The molecule has 0 unspecified atom stereocenters. The van der Waals surface area contributed by atoms with Crippen molar-refractivity contribution in [1.82, 2.24) is 9.80 Å². The molecular weight excluding hydrogens is 375 g/mol. The van der Waals surface area contributed by atoms with Crippen molar-refractivity contribution >= 4 is 11.8 Å². The number of carbonyl (C=O) groups is 2. The number of amides is 2. The number of hydrogen-bond donors (Lipinski definition) is 1. The Hall–Kier alpha value is -2.77. The average Bonchev–Trinajstić information content (AvgIpc) is 2.67. The number of halogens is 1. The Labute approximate surface area is 168 Å². The number of methoxy groups -OCH3 is 1. The Bertz CT molecular complexity index is 914. The number of benzene rings is 2. The molecule has 0 bridgehead atoms. The maximum atomic E-state index is 13.5. The van der Waals surface area contributed by atoms with Gasteiger partial charge in [0.05, 0.1) is 18.2 Å². The minimum atomic E-state index is -0.590. The van der Waals surface area contributed by atoms with E-state index in [1.54, 1.807) is 15.9 Å². The summed E-state index contributed by atoms with van der Waals surface area (Å²) >= 11 is 0. The first-order chi connectivity index (χ1) is 14.0. The zero-order chi connectivity index (χ0) is 20.6. The third kappa shape index (κ3) is 3.10. The van der Waals surface area contributed by atoms with Gasteiger partial charge in [0.2, 0.25) is 5.91 Å². The second-order valence-electron chi connectivity index (χ2n) is 7.61. The van der Waals surface area contributed by atoms with Gasteiger partial charge in [0.25, 0.3) is 5.91 Å². The minimum Gasteiger partial charge on any atom is -0.394 e. The summed E-state index contributed by atoms with van der Waals surface area (Å²) < 4.78 is 18.5. The van der Waals surface area contributed by atoms with Crippen LogP contribution in [0.1, 0.15) is 21.8 Å². The van der Waals surface area contributed by atoms with Crippen LogP contribution >= 0.6 is 0 Å². The summed E-state index contributed by atoms with van der Waals surface area (Å²) in [6.45, 7) is 0.397. The molecule has 2 fully saturated rings. The van der Waals surface area contributed by atoms with E-state index in [2.05, 4.69) is 0 Å². The van der Waals surface area contributed by atoms with E-state index in [4.69, 9.17) is 4.74 Å². The molecule has 2 atom stereocenters. The molecule has 2 saturated heterocycles. The molecule has 0 aromatic heterocycles. The number of aliphatic hydroxyl groups excluding tert-OH is 1. The Balaban J connectivity index is 1.61. The molecule has 1 spiro atoms. The number of rotatable bonds is 5. The molecule has 2 heterocycles. The molecule has 0 aliphatic carbocycles. The van der Waals surface area contributed by atoms with Gasteiger partial charge in [-0.05, 0) is 23.8 Å². The molecule has 2 aromatic carbocycles. The molecule has 2 aliphatic heterocycles. The van der Waals surface area contributed by atoms with Crippen molar-refractivity contribution in [2.24, 2.45) is 0 Å². The third-order valence-electron chi connectivity index (χ3n) is 5.95.